The summed E-state index contributed by atoms with van der Waals surface area (Å²) in [7, 11) is 3.00. The molecule has 2 atom stereocenters. The first-order valence-electron chi connectivity index (χ1n) is 7.18. The number of hydrogen-bond acceptors (Lipinski definition) is 4. The summed E-state index contributed by atoms with van der Waals surface area (Å²) in [6.07, 6.45) is 0.261. The van der Waals surface area contributed by atoms with Crippen LogP contribution in [-0.4, -0.2) is 43.9 Å². The lowest BCUT2D eigenvalue weighted by Crippen LogP contribution is -2.40. The number of ether oxygens (including phenoxy) is 2. The summed E-state index contributed by atoms with van der Waals surface area (Å²) in [6, 6.07) is 7.25. The third kappa shape index (κ3) is 5.04. The first kappa shape index (κ1) is 18.0. The van der Waals surface area contributed by atoms with E-state index in [9.17, 15) is 14.7 Å². The van der Waals surface area contributed by atoms with Gasteiger partial charge in [0.2, 0.25) is 5.91 Å². The molecule has 2 unspecified atom stereocenters. The van der Waals surface area contributed by atoms with Crippen molar-refractivity contribution in [3.8, 4) is 5.75 Å². The first-order valence-corrected chi connectivity index (χ1v) is 7.18. The van der Waals surface area contributed by atoms with Crippen molar-refractivity contribution >= 4 is 11.9 Å². The molecule has 0 saturated heterocycles. The highest BCUT2D eigenvalue weighted by Crippen LogP contribution is 2.21. The maximum atomic E-state index is 11.9. The number of aliphatic carboxylic acids is 1. The van der Waals surface area contributed by atoms with Gasteiger partial charge in [0.15, 0.2) is 0 Å². The van der Waals surface area contributed by atoms with Crippen LogP contribution in [0.25, 0.3) is 0 Å². The zero-order chi connectivity index (χ0) is 16.5. The van der Waals surface area contributed by atoms with E-state index in [-0.39, 0.29) is 18.9 Å². The van der Waals surface area contributed by atoms with Gasteiger partial charge >= 0.3 is 5.97 Å². The number of benzene rings is 1. The second-order valence-corrected chi connectivity index (χ2v) is 4.93. The van der Waals surface area contributed by atoms with E-state index in [0.29, 0.717) is 12.2 Å². The highest BCUT2D eigenvalue weighted by Gasteiger charge is 2.22. The maximum Gasteiger partial charge on any atom is 0.308 e. The molecule has 1 amide bonds. The number of carboxylic acids is 1. The number of rotatable bonds is 9. The van der Waals surface area contributed by atoms with Crippen LogP contribution in [0.1, 0.15) is 18.9 Å². The lowest BCUT2D eigenvalue weighted by Gasteiger charge is -2.18. The van der Waals surface area contributed by atoms with Crippen molar-refractivity contribution in [2.75, 3.05) is 20.8 Å². The van der Waals surface area contributed by atoms with Crippen molar-refractivity contribution < 1.29 is 24.2 Å². The summed E-state index contributed by atoms with van der Waals surface area (Å²) >= 11 is 0. The van der Waals surface area contributed by atoms with Gasteiger partial charge in [0.1, 0.15) is 11.9 Å². The fraction of sp³-hybridized carbons (Fsp3) is 0.500. The number of para-hydroxylation sites is 1. The Labute approximate surface area is 130 Å². The Morgan fingerprint density at radius 2 is 1.95 bits per heavy atom. The molecule has 0 fully saturated rings. The second-order valence-electron chi connectivity index (χ2n) is 4.93. The van der Waals surface area contributed by atoms with Crippen molar-refractivity contribution in [3.05, 3.63) is 29.8 Å². The van der Waals surface area contributed by atoms with Gasteiger partial charge in [-0.2, -0.15) is 0 Å². The Hall–Kier alpha value is -2.08. The van der Waals surface area contributed by atoms with Crippen LogP contribution >= 0.6 is 0 Å². The minimum absolute atomic E-state index is 0.0477. The molecule has 0 aliphatic rings. The van der Waals surface area contributed by atoms with Gasteiger partial charge in [-0.15, -0.1) is 0 Å². The predicted octanol–water partition coefficient (Wildman–Crippen LogP) is 1.48. The smallest absolute Gasteiger partial charge is 0.308 e. The van der Waals surface area contributed by atoms with E-state index >= 15 is 0 Å². The van der Waals surface area contributed by atoms with Gasteiger partial charge in [-0.3, -0.25) is 9.59 Å². The molecule has 6 nitrogen and oxygen atoms in total. The van der Waals surface area contributed by atoms with Gasteiger partial charge in [-0.1, -0.05) is 25.1 Å². The molecule has 22 heavy (non-hydrogen) atoms. The Morgan fingerprint density at radius 1 is 1.27 bits per heavy atom. The molecule has 0 spiro atoms. The fourth-order valence-electron chi connectivity index (χ4n) is 2.18. The van der Waals surface area contributed by atoms with E-state index in [1.807, 2.05) is 25.1 Å². The van der Waals surface area contributed by atoms with Gasteiger partial charge in [0, 0.05) is 13.7 Å². The normalized spacial score (nSPS) is 13.2. The molecule has 0 aliphatic carbocycles. The van der Waals surface area contributed by atoms with E-state index in [0.717, 1.165) is 5.56 Å². The summed E-state index contributed by atoms with van der Waals surface area (Å²) in [5.41, 5.74) is 0.797. The monoisotopic (exact) mass is 309 g/mol. The number of carbonyl (C=O) groups excluding carboxylic acids is 1. The van der Waals surface area contributed by atoms with Crippen molar-refractivity contribution in [1.82, 2.24) is 5.32 Å². The molecule has 0 bridgehead atoms. The van der Waals surface area contributed by atoms with Crippen molar-refractivity contribution in [2.45, 2.75) is 25.9 Å². The quantitative estimate of drug-likeness (QED) is 0.722. The number of hydrogen-bond donors (Lipinski definition) is 2. The first-order chi connectivity index (χ1) is 10.5. The van der Waals surface area contributed by atoms with Crippen LogP contribution in [0.4, 0.5) is 0 Å². The Bertz CT molecular complexity index is 499. The molecule has 0 heterocycles. The van der Waals surface area contributed by atoms with Crippen molar-refractivity contribution in [2.24, 2.45) is 5.92 Å². The summed E-state index contributed by atoms with van der Waals surface area (Å²) in [5.74, 6) is -1.34. The molecule has 122 valence electrons. The molecule has 0 aromatic heterocycles. The van der Waals surface area contributed by atoms with Gasteiger partial charge in [-0.05, 0) is 24.5 Å². The average molecular weight is 309 g/mol. The highest BCUT2D eigenvalue weighted by molar-refractivity contribution is 5.81. The Balaban J connectivity index is 2.70. The van der Waals surface area contributed by atoms with E-state index in [1.54, 1.807) is 13.2 Å². The largest absolute Gasteiger partial charge is 0.496 e. The van der Waals surface area contributed by atoms with Gasteiger partial charge in [0.05, 0.1) is 13.0 Å². The van der Waals surface area contributed by atoms with Gasteiger partial charge in [-0.25, -0.2) is 0 Å². The topological polar surface area (TPSA) is 84.9 Å². The van der Waals surface area contributed by atoms with Crippen LogP contribution in [0.2, 0.25) is 0 Å². The number of carbonyl (C=O) groups is 2. The molecule has 0 radical (unpaired) electrons. The number of carboxylic acid groups (broad SMARTS) is 1. The second kappa shape index (κ2) is 9.04. The van der Waals surface area contributed by atoms with Crippen LogP contribution in [0.3, 0.4) is 0 Å². The molecule has 1 aromatic rings. The molecule has 0 saturated carbocycles. The standard InChI is InChI=1S/C16H23NO5/c1-4-13(21-2)15(18)17-10-12(16(19)20)9-11-7-5-6-8-14(11)22-3/h5-8,12-13H,4,9-10H2,1-3H3,(H,17,18)(H,19,20). The van der Waals surface area contributed by atoms with E-state index in [2.05, 4.69) is 5.32 Å². The fourth-order valence-corrected chi connectivity index (χ4v) is 2.18. The van der Waals surface area contributed by atoms with Crippen LogP contribution < -0.4 is 10.1 Å². The third-order valence-corrected chi connectivity index (χ3v) is 3.48. The highest BCUT2D eigenvalue weighted by atomic mass is 16.5. The minimum Gasteiger partial charge on any atom is -0.496 e. The molecule has 1 rings (SSSR count). The van der Waals surface area contributed by atoms with E-state index in [1.165, 1.54) is 7.11 Å². The van der Waals surface area contributed by atoms with Crippen molar-refractivity contribution in [1.29, 1.82) is 0 Å². The SMILES string of the molecule is CCC(OC)C(=O)NCC(Cc1ccccc1OC)C(=O)O. The molecule has 1 aromatic carbocycles. The maximum absolute atomic E-state index is 11.9. The Morgan fingerprint density at radius 3 is 2.50 bits per heavy atom. The zero-order valence-electron chi connectivity index (χ0n) is 13.2. The van der Waals surface area contributed by atoms with Crippen molar-refractivity contribution in [3.63, 3.8) is 0 Å². The van der Waals surface area contributed by atoms with Crippen LogP contribution in [0.5, 0.6) is 5.75 Å². The van der Waals surface area contributed by atoms with Gasteiger partial charge < -0.3 is 19.9 Å². The Kier molecular flexibility index (Phi) is 7.39. The molecule has 2 N–H and O–H groups in total. The third-order valence-electron chi connectivity index (χ3n) is 3.48. The average Bonchev–Trinajstić information content (AvgIpc) is 2.52. The lowest BCUT2D eigenvalue weighted by atomic mass is 9.98. The zero-order valence-corrected chi connectivity index (χ0v) is 13.2. The number of amides is 1. The van der Waals surface area contributed by atoms with Gasteiger partial charge in [0.25, 0.3) is 0 Å². The summed E-state index contributed by atoms with van der Waals surface area (Å²) in [6.45, 7) is 1.88. The molecule has 0 aliphatic heterocycles. The summed E-state index contributed by atoms with van der Waals surface area (Å²) in [5, 5.41) is 12.0. The summed E-state index contributed by atoms with van der Waals surface area (Å²) in [4.78, 5) is 23.3. The molecular weight excluding hydrogens is 286 g/mol. The molecular formula is C16H23NO5. The number of nitrogens with one attached hydrogen (secondary N) is 1. The lowest BCUT2D eigenvalue weighted by molar-refractivity contribution is -0.142. The van der Waals surface area contributed by atoms with Crippen LogP contribution in [0.15, 0.2) is 24.3 Å². The van der Waals surface area contributed by atoms with E-state index in [4.69, 9.17) is 9.47 Å². The molecule has 6 heteroatoms. The minimum atomic E-state index is -0.961. The number of methoxy groups -OCH3 is 2. The van der Waals surface area contributed by atoms with Crippen LogP contribution in [0, 0.1) is 5.92 Å². The summed E-state index contributed by atoms with van der Waals surface area (Å²) < 4.78 is 10.3. The van der Waals surface area contributed by atoms with Crippen LogP contribution in [-0.2, 0) is 20.7 Å². The predicted molar refractivity (Wildman–Crippen MR) is 81.9 cm³/mol. The van der Waals surface area contributed by atoms with E-state index < -0.39 is 18.0 Å².